The van der Waals surface area contributed by atoms with Gasteiger partial charge in [0.25, 0.3) is 0 Å². The van der Waals surface area contributed by atoms with Crippen LogP contribution in [0.3, 0.4) is 0 Å². The quantitative estimate of drug-likeness (QED) is 0.0766. The highest BCUT2D eigenvalue weighted by Gasteiger charge is 2.44. The van der Waals surface area contributed by atoms with E-state index in [9.17, 15) is 56.1 Å². The molecule has 1 aromatic carbocycles. The van der Waals surface area contributed by atoms with Crippen LogP contribution in [-0.4, -0.2) is 85.2 Å². The summed E-state index contributed by atoms with van der Waals surface area (Å²) < 4.78 is 66.8. The summed E-state index contributed by atoms with van der Waals surface area (Å²) in [5, 5.41) is 41.6. The highest BCUT2D eigenvalue weighted by Crippen LogP contribution is 2.40. The van der Waals surface area contributed by atoms with E-state index in [4.69, 9.17) is 5.73 Å². The number of rotatable bonds is 13. The minimum absolute atomic E-state index is 0.155. The number of benzene rings is 1. The summed E-state index contributed by atoms with van der Waals surface area (Å²) in [4.78, 5) is 34.5. The van der Waals surface area contributed by atoms with Crippen LogP contribution in [0.2, 0.25) is 5.82 Å². The molecule has 0 bridgehead atoms. The van der Waals surface area contributed by atoms with Crippen molar-refractivity contribution in [2.75, 3.05) is 13.1 Å². The van der Waals surface area contributed by atoms with Gasteiger partial charge in [0.1, 0.15) is 6.29 Å². The molecule has 1 saturated carbocycles. The SMILES string of the molecule is N[C@H](C=O)CCCCNC(=O)CNC(=O)C1CC(B(O)O)CC(S(=O)(=O)c2cc(B(O)O)cc(C(F)(F)F)c2)C1. The Labute approximate surface area is 229 Å². The molecule has 2 rings (SSSR count). The minimum atomic E-state index is -5.00. The maximum Gasteiger partial charge on any atom is 0.488 e. The summed E-state index contributed by atoms with van der Waals surface area (Å²) >= 11 is 0. The van der Waals surface area contributed by atoms with E-state index in [0.29, 0.717) is 43.7 Å². The van der Waals surface area contributed by atoms with Gasteiger partial charge in [-0.05, 0) is 61.9 Å². The first kappa shape index (κ1) is 33.7. The normalized spacial score (nSPS) is 20.4. The number of aldehydes is 1. The number of unbranched alkanes of at least 4 members (excludes halogenated alkanes) is 1. The van der Waals surface area contributed by atoms with Crippen molar-refractivity contribution >= 4 is 47.6 Å². The first-order chi connectivity index (χ1) is 18.6. The second-order valence-corrected chi connectivity index (χ2v) is 12.0. The van der Waals surface area contributed by atoms with Gasteiger partial charge in [0, 0.05) is 12.5 Å². The Bertz CT molecular complexity index is 1160. The molecule has 4 atom stereocenters. The Kier molecular flexibility index (Phi) is 12.1. The largest absolute Gasteiger partial charge is 0.488 e. The van der Waals surface area contributed by atoms with Crippen LogP contribution in [0, 0.1) is 5.92 Å². The van der Waals surface area contributed by atoms with E-state index in [0.717, 1.165) is 0 Å². The lowest BCUT2D eigenvalue weighted by Crippen LogP contribution is -2.44. The molecule has 8 N–H and O–H groups in total. The van der Waals surface area contributed by atoms with Crippen molar-refractivity contribution in [2.45, 2.75) is 66.7 Å². The lowest BCUT2D eigenvalue weighted by Gasteiger charge is -2.33. The van der Waals surface area contributed by atoms with E-state index in [2.05, 4.69) is 10.6 Å². The smallest absolute Gasteiger partial charge is 0.427 e. The van der Waals surface area contributed by atoms with Crippen LogP contribution < -0.4 is 21.8 Å². The van der Waals surface area contributed by atoms with E-state index in [-0.39, 0.29) is 25.8 Å². The summed E-state index contributed by atoms with van der Waals surface area (Å²) in [6.45, 7) is -0.206. The summed E-state index contributed by atoms with van der Waals surface area (Å²) in [6.07, 6.45) is -3.75. The molecule has 1 aromatic rings. The summed E-state index contributed by atoms with van der Waals surface area (Å²) in [5.74, 6) is -3.55. The lowest BCUT2D eigenvalue weighted by molar-refractivity contribution is -0.137. The average Bonchev–Trinajstić information content (AvgIpc) is 2.90. The van der Waals surface area contributed by atoms with Crippen molar-refractivity contribution in [1.82, 2.24) is 10.6 Å². The van der Waals surface area contributed by atoms with Crippen LogP contribution in [0.4, 0.5) is 13.2 Å². The molecule has 18 heteroatoms. The second-order valence-electron chi connectivity index (χ2n) is 9.77. The molecule has 0 spiro atoms. The average molecular weight is 593 g/mol. The number of halogens is 3. The van der Waals surface area contributed by atoms with Gasteiger partial charge in [-0.2, -0.15) is 13.2 Å². The molecule has 0 saturated heterocycles. The standard InChI is InChI=1S/C22H32B2F3N3O9S/c25-22(26,27)14-7-16(24(36)37)10-19(8-14)40(38,39)18-6-13(5-15(9-18)23(34)35)21(33)30-11-20(32)29-4-2-1-3-17(28)12-31/h7-8,10,12-13,15,17-18,34-37H,1-6,9,11,28H2,(H,29,32)(H,30,33)/t13?,15?,17-,18?/m0/s1. The van der Waals surface area contributed by atoms with Gasteiger partial charge in [0.2, 0.25) is 11.8 Å². The summed E-state index contributed by atoms with van der Waals surface area (Å²) in [6, 6.07) is 0.829. The molecule has 1 fully saturated rings. The van der Waals surface area contributed by atoms with Crippen LogP contribution in [0.1, 0.15) is 44.1 Å². The number of carbonyl (C=O) groups excluding carboxylic acids is 3. The molecule has 3 unspecified atom stereocenters. The number of hydrogen-bond donors (Lipinski definition) is 7. The number of sulfone groups is 1. The van der Waals surface area contributed by atoms with Gasteiger partial charge in [-0.25, -0.2) is 8.42 Å². The zero-order valence-electron chi connectivity index (χ0n) is 21.4. The van der Waals surface area contributed by atoms with E-state index >= 15 is 0 Å². The first-order valence-corrected chi connectivity index (χ1v) is 14.0. The highest BCUT2D eigenvalue weighted by molar-refractivity contribution is 7.92. The topological polar surface area (TPSA) is 216 Å². The fourth-order valence-corrected chi connectivity index (χ4v) is 6.45. The Hall–Kier alpha value is -2.50. The maximum absolute atomic E-state index is 13.4. The molecule has 0 radical (unpaired) electrons. The molecular formula is C22H32B2F3N3O9S. The predicted molar refractivity (Wildman–Crippen MR) is 137 cm³/mol. The molecule has 1 aliphatic rings. The molecule has 12 nitrogen and oxygen atoms in total. The fourth-order valence-electron chi connectivity index (χ4n) is 4.49. The highest BCUT2D eigenvalue weighted by atomic mass is 32.2. The molecular weight excluding hydrogens is 561 g/mol. The van der Waals surface area contributed by atoms with Crippen molar-refractivity contribution in [2.24, 2.45) is 11.7 Å². The van der Waals surface area contributed by atoms with Gasteiger partial charge in [0.15, 0.2) is 9.84 Å². The number of nitrogens with two attached hydrogens (primary N) is 1. The van der Waals surface area contributed by atoms with Gasteiger partial charge in [-0.3, -0.25) is 9.59 Å². The number of carbonyl (C=O) groups is 3. The maximum atomic E-state index is 13.4. The molecule has 222 valence electrons. The third kappa shape index (κ3) is 9.55. The van der Waals surface area contributed by atoms with Crippen LogP contribution in [-0.2, 0) is 30.4 Å². The van der Waals surface area contributed by atoms with Gasteiger partial charge in [-0.1, -0.05) is 6.07 Å². The predicted octanol–water partition coefficient (Wildman–Crippen LogP) is -1.90. The van der Waals surface area contributed by atoms with Crippen LogP contribution in [0.5, 0.6) is 0 Å². The third-order valence-electron chi connectivity index (χ3n) is 6.70. The Morgan fingerprint density at radius 3 is 2.33 bits per heavy atom. The van der Waals surface area contributed by atoms with Crippen molar-refractivity contribution in [3.05, 3.63) is 23.8 Å². The van der Waals surface area contributed by atoms with Gasteiger partial charge < -0.3 is 41.3 Å². The Morgan fingerprint density at radius 1 is 1.07 bits per heavy atom. The van der Waals surface area contributed by atoms with Crippen LogP contribution in [0.25, 0.3) is 0 Å². The van der Waals surface area contributed by atoms with Gasteiger partial charge >= 0.3 is 20.4 Å². The number of nitrogens with one attached hydrogen (secondary N) is 2. The first-order valence-electron chi connectivity index (χ1n) is 12.5. The third-order valence-corrected chi connectivity index (χ3v) is 8.85. The summed E-state index contributed by atoms with van der Waals surface area (Å²) in [5.41, 5.74) is 3.32. The van der Waals surface area contributed by atoms with E-state index in [1.807, 2.05) is 0 Å². The molecule has 0 heterocycles. The molecule has 1 aliphatic carbocycles. The second kappa shape index (κ2) is 14.4. The van der Waals surface area contributed by atoms with E-state index in [1.54, 1.807) is 0 Å². The van der Waals surface area contributed by atoms with Crippen molar-refractivity contribution in [3.8, 4) is 0 Å². The zero-order valence-corrected chi connectivity index (χ0v) is 22.2. The van der Waals surface area contributed by atoms with Crippen LogP contribution in [0.15, 0.2) is 23.1 Å². The van der Waals surface area contributed by atoms with E-state index in [1.165, 1.54) is 0 Å². The molecule has 2 amide bonds. The van der Waals surface area contributed by atoms with Gasteiger partial charge in [0.05, 0.1) is 28.3 Å². The Balaban J connectivity index is 2.13. The lowest BCUT2D eigenvalue weighted by atomic mass is 9.62. The van der Waals surface area contributed by atoms with E-state index < -0.39 is 87.6 Å². The fraction of sp³-hybridized carbons (Fsp3) is 0.591. The minimum Gasteiger partial charge on any atom is -0.427 e. The Morgan fingerprint density at radius 2 is 1.75 bits per heavy atom. The van der Waals surface area contributed by atoms with Crippen molar-refractivity contribution < 1.29 is 56.1 Å². The monoisotopic (exact) mass is 593 g/mol. The molecule has 0 aromatic heterocycles. The van der Waals surface area contributed by atoms with Crippen molar-refractivity contribution in [3.63, 3.8) is 0 Å². The molecule has 40 heavy (non-hydrogen) atoms. The number of alkyl halides is 3. The number of amides is 2. The summed E-state index contributed by atoms with van der Waals surface area (Å²) in [7, 11) is -9.05. The van der Waals surface area contributed by atoms with Crippen molar-refractivity contribution in [1.29, 1.82) is 0 Å². The van der Waals surface area contributed by atoms with Gasteiger partial charge in [-0.15, -0.1) is 0 Å². The van der Waals surface area contributed by atoms with Crippen LogP contribution >= 0.6 is 0 Å². The zero-order chi connectivity index (χ0) is 30.3. The molecule has 0 aliphatic heterocycles. The number of hydrogen-bond acceptors (Lipinski definition) is 10.